The van der Waals surface area contributed by atoms with Gasteiger partial charge in [0.1, 0.15) is 5.60 Å². The maximum Gasteiger partial charge on any atom is 0.286 e. The zero-order valence-corrected chi connectivity index (χ0v) is 15.2. The van der Waals surface area contributed by atoms with E-state index in [1.807, 2.05) is 13.8 Å². The molecule has 1 amide bonds. The minimum absolute atomic E-state index is 0.0622. The van der Waals surface area contributed by atoms with Crippen molar-refractivity contribution >= 4 is 17.4 Å². The molecule has 2 aliphatic rings. The van der Waals surface area contributed by atoms with Crippen LogP contribution in [0.2, 0.25) is 0 Å². The third-order valence-corrected chi connectivity index (χ3v) is 4.74. The highest BCUT2D eigenvalue weighted by molar-refractivity contribution is 6.01. The lowest BCUT2D eigenvalue weighted by atomic mass is 9.98. The molecule has 1 aromatic carbocycles. The number of nitrogens with zero attached hydrogens (tertiary/aromatic N) is 1. The van der Waals surface area contributed by atoms with E-state index in [1.54, 1.807) is 0 Å². The minimum Gasteiger partial charge on any atom is -0.482 e. The van der Waals surface area contributed by atoms with Gasteiger partial charge in [0.05, 0.1) is 0 Å². The highest BCUT2D eigenvalue weighted by atomic mass is 16.5. The van der Waals surface area contributed by atoms with Gasteiger partial charge in [-0.3, -0.25) is 9.59 Å². The number of hydrogen-bond acceptors (Lipinski definition) is 4. The molecule has 0 bridgehead atoms. The Hall–Kier alpha value is -2.30. The number of aryl methyl sites for hydroxylation is 1. The van der Waals surface area contributed by atoms with Crippen LogP contribution in [-0.4, -0.2) is 36.9 Å². The summed E-state index contributed by atoms with van der Waals surface area (Å²) in [5, 5.41) is 2.92. The first kappa shape index (κ1) is 17.5. The summed E-state index contributed by atoms with van der Waals surface area (Å²) in [5.41, 5.74) is 1.86. The molecule has 3 rings (SSSR count). The van der Waals surface area contributed by atoms with Crippen LogP contribution < -0.4 is 10.2 Å². The van der Waals surface area contributed by atoms with Gasteiger partial charge in [0, 0.05) is 37.8 Å². The monoisotopic (exact) mass is 342 g/mol. The van der Waals surface area contributed by atoms with Gasteiger partial charge in [-0.25, -0.2) is 0 Å². The molecule has 0 aliphatic carbocycles. The van der Waals surface area contributed by atoms with Gasteiger partial charge < -0.3 is 15.0 Å². The van der Waals surface area contributed by atoms with Crippen molar-refractivity contribution in [3.8, 4) is 0 Å². The lowest BCUT2D eigenvalue weighted by Gasteiger charge is -2.29. The van der Waals surface area contributed by atoms with Gasteiger partial charge in [0.25, 0.3) is 5.91 Å². The molecular weight excluding hydrogens is 316 g/mol. The summed E-state index contributed by atoms with van der Waals surface area (Å²) in [5.74, 6) is 0.176. The summed E-state index contributed by atoms with van der Waals surface area (Å²) in [6.07, 6.45) is 2.66. The van der Waals surface area contributed by atoms with Crippen molar-refractivity contribution < 1.29 is 14.3 Å². The first-order valence-corrected chi connectivity index (χ1v) is 8.86. The molecule has 5 heteroatoms. The molecule has 1 saturated heterocycles. The van der Waals surface area contributed by atoms with Crippen LogP contribution in [0.5, 0.6) is 0 Å². The van der Waals surface area contributed by atoms with Crippen molar-refractivity contribution in [1.82, 2.24) is 5.32 Å². The average Bonchev–Trinajstić information content (AvgIpc) is 3.00. The molecule has 1 N–H and O–H groups in total. The molecule has 2 aliphatic heterocycles. The standard InChI is InChI=1S/C20H26N2O3/c1-14-4-6-16(7-5-14)22-9-8-15(13-22)12-21-19(24)18-10-17(23)11-20(2,3)25-18/h4-7,10,15H,8-9,11-13H2,1-3H3,(H,21,24). The lowest BCUT2D eigenvalue weighted by molar-refractivity contribution is -0.131. The fraction of sp³-hybridized carbons (Fsp3) is 0.500. The maximum absolute atomic E-state index is 12.3. The van der Waals surface area contributed by atoms with E-state index < -0.39 is 5.60 Å². The van der Waals surface area contributed by atoms with Crippen molar-refractivity contribution in [1.29, 1.82) is 0 Å². The summed E-state index contributed by atoms with van der Waals surface area (Å²) in [7, 11) is 0. The molecule has 0 radical (unpaired) electrons. The zero-order chi connectivity index (χ0) is 18.0. The van der Waals surface area contributed by atoms with Crippen LogP contribution in [0.3, 0.4) is 0 Å². The molecule has 25 heavy (non-hydrogen) atoms. The van der Waals surface area contributed by atoms with E-state index in [0.29, 0.717) is 18.9 Å². The predicted molar refractivity (Wildman–Crippen MR) is 97.4 cm³/mol. The van der Waals surface area contributed by atoms with Crippen molar-refractivity contribution in [2.75, 3.05) is 24.5 Å². The Morgan fingerprint density at radius 2 is 2.04 bits per heavy atom. The molecule has 0 spiro atoms. The largest absolute Gasteiger partial charge is 0.482 e. The van der Waals surface area contributed by atoms with Gasteiger partial charge in [-0.05, 0) is 45.2 Å². The number of nitrogens with one attached hydrogen (secondary N) is 1. The fourth-order valence-electron chi connectivity index (χ4n) is 3.41. The number of ketones is 1. The maximum atomic E-state index is 12.3. The van der Waals surface area contributed by atoms with Crippen LogP contribution in [0.1, 0.15) is 32.3 Å². The van der Waals surface area contributed by atoms with Crippen molar-refractivity contribution in [3.05, 3.63) is 41.7 Å². The summed E-state index contributed by atoms with van der Waals surface area (Å²) < 4.78 is 5.64. The van der Waals surface area contributed by atoms with Crippen molar-refractivity contribution in [3.63, 3.8) is 0 Å². The van der Waals surface area contributed by atoms with Crippen LogP contribution >= 0.6 is 0 Å². The summed E-state index contributed by atoms with van der Waals surface area (Å²) in [6, 6.07) is 8.53. The zero-order valence-electron chi connectivity index (χ0n) is 15.2. The number of hydrogen-bond donors (Lipinski definition) is 1. The number of rotatable bonds is 4. The quantitative estimate of drug-likeness (QED) is 0.914. The Kier molecular flexibility index (Phi) is 4.84. The number of carbonyl (C=O) groups excluding carboxylic acids is 2. The van der Waals surface area contributed by atoms with Crippen LogP contribution in [0.4, 0.5) is 5.69 Å². The Bertz CT molecular complexity index is 691. The Labute approximate surface area is 149 Å². The molecule has 5 nitrogen and oxygen atoms in total. The van der Waals surface area contributed by atoms with E-state index in [2.05, 4.69) is 41.4 Å². The molecule has 1 unspecified atom stereocenters. The van der Waals surface area contributed by atoms with Crippen molar-refractivity contribution in [2.45, 2.75) is 39.2 Å². The normalized spacial score (nSPS) is 22.4. The van der Waals surface area contributed by atoms with E-state index in [1.165, 1.54) is 17.3 Å². The van der Waals surface area contributed by atoms with Crippen LogP contribution in [0, 0.1) is 12.8 Å². The number of carbonyl (C=O) groups is 2. The second-order valence-corrected chi connectivity index (χ2v) is 7.66. The second-order valence-electron chi connectivity index (χ2n) is 7.66. The lowest BCUT2D eigenvalue weighted by Crippen LogP contribution is -2.38. The van der Waals surface area contributed by atoms with E-state index in [-0.39, 0.29) is 17.4 Å². The SMILES string of the molecule is Cc1ccc(N2CCC(CNC(=O)C3=CC(=O)CC(C)(C)O3)C2)cc1. The van der Waals surface area contributed by atoms with Gasteiger partial charge in [0.2, 0.25) is 0 Å². The van der Waals surface area contributed by atoms with Crippen molar-refractivity contribution in [2.24, 2.45) is 5.92 Å². The number of ether oxygens (including phenoxy) is 1. The van der Waals surface area contributed by atoms with Gasteiger partial charge in [-0.15, -0.1) is 0 Å². The van der Waals surface area contributed by atoms with Gasteiger partial charge in [0.15, 0.2) is 11.5 Å². The minimum atomic E-state index is -0.617. The summed E-state index contributed by atoms with van der Waals surface area (Å²) in [6.45, 7) is 8.24. The van der Waals surface area contributed by atoms with E-state index >= 15 is 0 Å². The number of benzene rings is 1. The summed E-state index contributed by atoms with van der Waals surface area (Å²) in [4.78, 5) is 26.4. The molecule has 1 aromatic rings. The van der Waals surface area contributed by atoms with Crippen LogP contribution in [0.25, 0.3) is 0 Å². The van der Waals surface area contributed by atoms with E-state index in [4.69, 9.17) is 4.74 Å². The Balaban J connectivity index is 1.52. The average molecular weight is 342 g/mol. The molecular formula is C20H26N2O3. The Morgan fingerprint density at radius 1 is 1.32 bits per heavy atom. The molecule has 134 valence electrons. The van der Waals surface area contributed by atoms with E-state index in [0.717, 1.165) is 19.5 Å². The van der Waals surface area contributed by atoms with Gasteiger partial charge in [-0.1, -0.05) is 17.7 Å². The molecule has 1 atom stereocenters. The highest BCUT2D eigenvalue weighted by Gasteiger charge is 2.32. The predicted octanol–water partition coefficient (Wildman–Crippen LogP) is 2.59. The van der Waals surface area contributed by atoms with Crippen LogP contribution in [0.15, 0.2) is 36.1 Å². The van der Waals surface area contributed by atoms with Crippen LogP contribution in [-0.2, 0) is 14.3 Å². The van der Waals surface area contributed by atoms with Gasteiger partial charge >= 0.3 is 0 Å². The third-order valence-electron chi connectivity index (χ3n) is 4.74. The number of anilines is 1. The first-order valence-electron chi connectivity index (χ1n) is 8.86. The highest BCUT2D eigenvalue weighted by Crippen LogP contribution is 2.26. The molecule has 2 heterocycles. The second kappa shape index (κ2) is 6.90. The molecule has 1 fully saturated rings. The third kappa shape index (κ3) is 4.41. The molecule has 0 aromatic heterocycles. The molecule has 0 saturated carbocycles. The smallest absolute Gasteiger partial charge is 0.286 e. The fourth-order valence-corrected chi connectivity index (χ4v) is 3.41. The first-order chi connectivity index (χ1) is 11.8. The number of amides is 1. The van der Waals surface area contributed by atoms with E-state index in [9.17, 15) is 9.59 Å². The van der Waals surface area contributed by atoms with Gasteiger partial charge in [-0.2, -0.15) is 0 Å². The number of allylic oxidation sites excluding steroid dienone is 1. The summed E-state index contributed by atoms with van der Waals surface area (Å²) >= 11 is 0. The topological polar surface area (TPSA) is 58.6 Å². The Morgan fingerprint density at radius 3 is 2.72 bits per heavy atom.